The largest absolute Gasteiger partial charge is 0.333 e. The van der Waals surface area contributed by atoms with E-state index in [0.29, 0.717) is 28.1 Å². The highest BCUT2D eigenvalue weighted by Crippen LogP contribution is 2.38. The first-order valence-electron chi connectivity index (χ1n) is 7.96. The van der Waals surface area contributed by atoms with Crippen molar-refractivity contribution in [2.75, 3.05) is 11.4 Å². The lowest BCUT2D eigenvalue weighted by atomic mass is 9.94. The number of hydrogen-bond acceptors (Lipinski definition) is 4. The Morgan fingerprint density at radius 2 is 2.04 bits per heavy atom. The van der Waals surface area contributed by atoms with Crippen LogP contribution in [0.3, 0.4) is 0 Å². The molecular formula is C20H16F2N4. The SMILES string of the molecule is C#CCN1c2c(ccc(F)c2F)C(c2cnc(C#N)c(C)c2)=NC1(C)C. The molecule has 1 aliphatic rings. The molecule has 1 aromatic heterocycles. The molecular weight excluding hydrogens is 334 g/mol. The molecule has 6 heteroatoms. The molecule has 130 valence electrons. The van der Waals surface area contributed by atoms with E-state index in [-0.39, 0.29) is 12.2 Å². The van der Waals surface area contributed by atoms with Gasteiger partial charge in [0.15, 0.2) is 11.6 Å². The predicted molar refractivity (Wildman–Crippen MR) is 95.9 cm³/mol. The lowest BCUT2D eigenvalue weighted by Crippen LogP contribution is -2.47. The zero-order valence-corrected chi connectivity index (χ0v) is 14.6. The Kier molecular flexibility index (Phi) is 4.21. The van der Waals surface area contributed by atoms with Crippen molar-refractivity contribution in [3.05, 3.63) is 58.4 Å². The molecule has 26 heavy (non-hydrogen) atoms. The van der Waals surface area contributed by atoms with Gasteiger partial charge in [0, 0.05) is 17.3 Å². The van der Waals surface area contributed by atoms with E-state index in [1.54, 1.807) is 31.7 Å². The van der Waals surface area contributed by atoms with Gasteiger partial charge in [-0.2, -0.15) is 5.26 Å². The number of nitriles is 1. The molecule has 0 amide bonds. The van der Waals surface area contributed by atoms with Crippen LogP contribution in [0, 0.1) is 42.2 Å². The fourth-order valence-electron chi connectivity index (χ4n) is 3.07. The van der Waals surface area contributed by atoms with Gasteiger partial charge in [0.25, 0.3) is 0 Å². The maximum atomic E-state index is 14.7. The van der Waals surface area contributed by atoms with E-state index >= 15 is 0 Å². The topological polar surface area (TPSA) is 52.3 Å². The highest BCUT2D eigenvalue weighted by molar-refractivity contribution is 6.17. The zero-order valence-electron chi connectivity index (χ0n) is 14.6. The van der Waals surface area contributed by atoms with Gasteiger partial charge in [-0.15, -0.1) is 6.42 Å². The minimum atomic E-state index is -0.962. The van der Waals surface area contributed by atoms with Crippen LogP contribution in [0.5, 0.6) is 0 Å². The van der Waals surface area contributed by atoms with Gasteiger partial charge < -0.3 is 4.90 Å². The van der Waals surface area contributed by atoms with Gasteiger partial charge in [0.05, 0.1) is 17.9 Å². The Bertz CT molecular complexity index is 1010. The van der Waals surface area contributed by atoms with E-state index in [9.17, 15) is 8.78 Å². The minimum Gasteiger partial charge on any atom is -0.333 e. The summed E-state index contributed by atoms with van der Waals surface area (Å²) in [6.45, 7) is 5.41. The smallest absolute Gasteiger partial charge is 0.182 e. The number of aliphatic imine (C=N–C) groups is 1. The monoisotopic (exact) mass is 350 g/mol. The Hall–Kier alpha value is -3.25. The van der Waals surface area contributed by atoms with Crippen LogP contribution in [0.2, 0.25) is 0 Å². The van der Waals surface area contributed by atoms with Gasteiger partial charge in [0.1, 0.15) is 17.4 Å². The molecule has 0 radical (unpaired) electrons. The number of aryl methyl sites for hydroxylation is 1. The van der Waals surface area contributed by atoms with Crippen molar-refractivity contribution >= 4 is 11.4 Å². The zero-order chi connectivity index (χ0) is 19.1. The highest BCUT2D eigenvalue weighted by atomic mass is 19.2. The number of halogens is 2. The highest BCUT2D eigenvalue weighted by Gasteiger charge is 2.37. The molecule has 2 aromatic rings. The number of hydrogen-bond donors (Lipinski definition) is 0. The molecule has 1 aliphatic heterocycles. The van der Waals surface area contributed by atoms with Gasteiger partial charge in [-0.1, -0.05) is 5.92 Å². The van der Waals surface area contributed by atoms with E-state index in [1.807, 2.05) is 6.07 Å². The first-order chi connectivity index (χ1) is 12.3. The number of anilines is 1. The number of terminal acetylenes is 1. The normalized spacial score (nSPS) is 14.9. The molecule has 0 spiro atoms. The fraction of sp³-hybridized carbons (Fsp3) is 0.250. The molecule has 0 saturated heterocycles. The molecule has 0 saturated carbocycles. The molecule has 0 unspecified atom stereocenters. The fourth-order valence-corrected chi connectivity index (χ4v) is 3.07. The number of pyridine rings is 1. The van der Waals surface area contributed by atoms with Crippen LogP contribution in [-0.4, -0.2) is 22.9 Å². The Morgan fingerprint density at radius 1 is 1.31 bits per heavy atom. The number of fused-ring (bicyclic) bond motifs is 1. The van der Waals surface area contributed by atoms with Crippen molar-refractivity contribution in [1.29, 1.82) is 5.26 Å². The summed E-state index contributed by atoms with van der Waals surface area (Å²) in [7, 11) is 0. The summed E-state index contributed by atoms with van der Waals surface area (Å²) in [5.41, 5.74) is 1.74. The van der Waals surface area contributed by atoms with Crippen molar-refractivity contribution in [2.45, 2.75) is 26.4 Å². The van der Waals surface area contributed by atoms with Gasteiger partial charge >= 0.3 is 0 Å². The summed E-state index contributed by atoms with van der Waals surface area (Å²) in [6, 6.07) is 6.33. The van der Waals surface area contributed by atoms with Crippen molar-refractivity contribution in [3.63, 3.8) is 0 Å². The quantitative estimate of drug-likeness (QED) is 0.778. The molecule has 0 bridgehead atoms. The lowest BCUT2D eigenvalue weighted by molar-refractivity contribution is 0.463. The van der Waals surface area contributed by atoms with E-state index in [2.05, 4.69) is 10.9 Å². The van der Waals surface area contributed by atoms with Crippen molar-refractivity contribution in [1.82, 2.24) is 4.98 Å². The first kappa shape index (κ1) is 17.6. The number of nitrogens with zero attached hydrogens (tertiary/aromatic N) is 4. The average Bonchev–Trinajstić information content (AvgIpc) is 2.60. The van der Waals surface area contributed by atoms with Crippen LogP contribution in [0.4, 0.5) is 14.5 Å². The Balaban J connectivity index is 2.29. The maximum Gasteiger partial charge on any atom is 0.182 e. The maximum absolute atomic E-state index is 14.7. The van der Waals surface area contributed by atoms with E-state index < -0.39 is 17.3 Å². The predicted octanol–water partition coefficient (Wildman–Crippen LogP) is 3.57. The first-order valence-corrected chi connectivity index (χ1v) is 7.96. The van der Waals surface area contributed by atoms with Gasteiger partial charge in [-0.3, -0.25) is 4.99 Å². The van der Waals surface area contributed by atoms with Crippen molar-refractivity contribution in [3.8, 4) is 18.4 Å². The second-order valence-corrected chi connectivity index (χ2v) is 6.50. The number of rotatable bonds is 2. The Labute approximate surface area is 150 Å². The van der Waals surface area contributed by atoms with E-state index in [1.165, 1.54) is 12.3 Å². The number of benzene rings is 1. The summed E-state index contributed by atoms with van der Waals surface area (Å²) in [5, 5.41) is 9.06. The van der Waals surface area contributed by atoms with Crippen LogP contribution in [0.1, 0.15) is 36.2 Å². The summed E-state index contributed by atoms with van der Waals surface area (Å²) in [5.74, 6) is 0.570. The van der Waals surface area contributed by atoms with Gasteiger partial charge in [-0.05, 0) is 44.5 Å². The van der Waals surface area contributed by atoms with E-state index in [4.69, 9.17) is 16.7 Å². The average molecular weight is 350 g/mol. The second-order valence-electron chi connectivity index (χ2n) is 6.50. The van der Waals surface area contributed by atoms with Crippen LogP contribution in [0.15, 0.2) is 29.4 Å². The summed E-state index contributed by atoms with van der Waals surface area (Å²) in [4.78, 5) is 10.4. The second kappa shape index (κ2) is 6.24. The molecule has 1 aromatic carbocycles. The Morgan fingerprint density at radius 3 is 2.65 bits per heavy atom. The lowest BCUT2D eigenvalue weighted by Gasteiger charge is -2.41. The molecule has 0 aliphatic carbocycles. The van der Waals surface area contributed by atoms with Crippen molar-refractivity contribution < 1.29 is 8.78 Å². The third-order valence-electron chi connectivity index (χ3n) is 4.35. The van der Waals surface area contributed by atoms with Gasteiger partial charge in [0.2, 0.25) is 0 Å². The molecule has 0 N–H and O–H groups in total. The van der Waals surface area contributed by atoms with Crippen LogP contribution < -0.4 is 4.90 Å². The standard InChI is InChI=1S/C20H16F2N4/c1-5-8-26-19-14(6-7-15(21)17(19)22)18(25-20(26,3)4)13-9-12(2)16(10-23)24-11-13/h1,6-7,9,11H,8H2,2-4H3. The van der Waals surface area contributed by atoms with Crippen molar-refractivity contribution in [2.24, 2.45) is 4.99 Å². The van der Waals surface area contributed by atoms with Crippen LogP contribution in [0.25, 0.3) is 0 Å². The van der Waals surface area contributed by atoms with Crippen LogP contribution in [-0.2, 0) is 0 Å². The molecule has 4 nitrogen and oxygen atoms in total. The molecule has 0 atom stereocenters. The summed E-state index contributed by atoms with van der Waals surface area (Å²) in [6.07, 6.45) is 6.94. The summed E-state index contributed by atoms with van der Waals surface area (Å²) < 4.78 is 28.6. The molecule has 2 heterocycles. The third kappa shape index (κ3) is 2.70. The molecule has 3 rings (SSSR count). The summed E-state index contributed by atoms with van der Waals surface area (Å²) >= 11 is 0. The molecule has 0 fully saturated rings. The van der Waals surface area contributed by atoms with Gasteiger partial charge in [-0.25, -0.2) is 13.8 Å². The van der Waals surface area contributed by atoms with E-state index in [0.717, 1.165) is 6.07 Å². The number of aromatic nitrogens is 1. The minimum absolute atomic E-state index is 0.0833. The third-order valence-corrected chi connectivity index (χ3v) is 4.35. The van der Waals surface area contributed by atoms with Crippen LogP contribution >= 0.6 is 0 Å².